The molecular formula is C13H19N2O+. The van der Waals surface area contributed by atoms with Crippen LogP contribution < -0.4 is 5.73 Å². The molecule has 0 saturated heterocycles. The number of carbonyl (C=O) groups is 1. The minimum absolute atomic E-state index is 0.273. The molecule has 0 atom stereocenters. The Morgan fingerprint density at radius 1 is 1.50 bits per heavy atom. The topological polar surface area (TPSA) is 43.1 Å². The van der Waals surface area contributed by atoms with Gasteiger partial charge in [-0.05, 0) is 11.6 Å². The SMILES string of the molecule is C=Cc1cccc(C[N+](C)(C)CC(N)=O)c1. The first-order valence-electron chi connectivity index (χ1n) is 5.25. The Bertz CT molecular complexity index is 397. The van der Waals surface area contributed by atoms with Gasteiger partial charge in [0.15, 0.2) is 6.54 Å². The van der Waals surface area contributed by atoms with Gasteiger partial charge in [-0.1, -0.05) is 30.9 Å². The van der Waals surface area contributed by atoms with Crippen molar-refractivity contribution in [2.75, 3.05) is 20.6 Å². The van der Waals surface area contributed by atoms with Crippen LogP contribution in [0, 0.1) is 0 Å². The molecule has 1 rings (SSSR count). The van der Waals surface area contributed by atoms with E-state index in [1.807, 2.05) is 38.4 Å². The van der Waals surface area contributed by atoms with Crippen LogP contribution in [0.5, 0.6) is 0 Å². The zero-order chi connectivity index (χ0) is 12.2. The molecule has 1 aromatic rings. The van der Waals surface area contributed by atoms with Crippen molar-refractivity contribution in [3.8, 4) is 0 Å². The van der Waals surface area contributed by atoms with Gasteiger partial charge in [0.25, 0.3) is 5.91 Å². The van der Waals surface area contributed by atoms with E-state index in [0.717, 1.165) is 12.1 Å². The van der Waals surface area contributed by atoms with Gasteiger partial charge in [0.05, 0.1) is 14.1 Å². The lowest BCUT2D eigenvalue weighted by molar-refractivity contribution is -0.895. The summed E-state index contributed by atoms with van der Waals surface area (Å²) in [6.45, 7) is 4.87. The number of hydrogen-bond donors (Lipinski definition) is 1. The summed E-state index contributed by atoms with van der Waals surface area (Å²) >= 11 is 0. The fourth-order valence-electron chi connectivity index (χ4n) is 1.79. The Hall–Kier alpha value is -1.61. The normalized spacial score (nSPS) is 11.1. The summed E-state index contributed by atoms with van der Waals surface area (Å²) < 4.78 is 0.565. The molecule has 0 spiro atoms. The first kappa shape index (κ1) is 12.5. The molecule has 0 bridgehead atoms. The van der Waals surface area contributed by atoms with Crippen molar-refractivity contribution in [3.63, 3.8) is 0 Å². The van der Waals surface area contributed by atoms with E-state index in [-0.39, 0.29) is 5.91 Å². The average molecular weight is 219 g/mol. The van der Waals surface area contributed by atoms with Crippen molar-refractivity contribution in [3.05, 3.63) is 42.0 Å². The summed E-state index contributed by atoms with van der Waals surface area (Å²) in [6, 6.07) is 8.13. The zero-order valence-corrected chi connectivity index (χ0v) is 9.94. The van der Waals surface area contributed by atoms with Crippen molar-refractivity contribution in [2.45, 2.75) is 6.54 Å². The molecule has 1 amide bonds. The third-order valence-electron chi connectivity index (χ3n) is 2.38. The van der Waals surface area contributed by atoms with Crippen LogP contribution in [0.1, 0.15) is 11.1 Å². The zero-order valence-electron chi connectivity index (χ0n) is 9.94. The standard InChI is InChI=1S/C13H18N2O/c1-4-11-6-5-7-12(8-11)9-15(2,3)10-13(14)16/h4-8H,1,9-10H2,2-3H3,(H-,14,16)/p+1. The predicted octanol–water partition coefficient (Wildman–Crippen LogP) is 1.39. The van der Waals surface area contributed by atoms with Crippen molar-refractivity contribution in [2.24, 2.45) is 5.73 Å². The minimum Gasteiger partial charge on any atom is -0.365 e. The van der Waals surface area contributed by atoms with Gasteiger partial charge in [0.2, 0.25) is 0 Å². The fourth-order valence-corrected chi connectivity index (χ4v) is 1.79. The van der Waals surface area contributed by atoms with Gasteiger partial charge in [0, 0.05) is 5.56 Å². The Labute approximate surface area is 96.8 Å². The van der Waals surface area contributed by atoms with E-state index in [2.05, 4.69) is 12.6 Å². The van der Waals surface area contributed by atoms with Gasteiger partial charge in [-0.15, -0.1) is 0 Å². The number of amides is 1. The monoisotopic (exact) mass is 219 g/mol. The van der Waals surface area contributed by atoms with E-state index >= 15 is 0 Å². The second-order valence-corrected chi connectivity index (χ2v) is 4.67. The Kier molecular flexibility index (Phi) is 3.85. The first-order chi connectivity index (χ1) is 7.43. The van der Waals surface area contributed by atoms with Gasteiger partial charge in [-0.2, -0.15) is 0 Å². The Balaban J connectivity index is 2.78. The van der Waals surface area contributed by atoms with Crippen LogP contribution in [0.2, 0.25) is 0 Å². The lowest BCUT2D eigenvalue weighted by Gasteiger charge is -2.28. The van der Waals surface area contributed by atoms with Crippen LogP contribution in [-0.4, -0.2) is 31.0 Å². The van der Waals surface area contributed by atoms with Crippen molar-refractivity contribution < 1.29 is 9.28 Å². The molecule has 86 valence electrons. The van der Waals surface area contributed by atoms with Crippen LogP contribution in [-0.2, 0) is 11.3 Å². The van der Waals surface area contributed by atoms with Crippen molar-refractivity contribution in [1.82, 2.24) is 0 Å². The maximum Gasteiger partial charge on any atom is 0.272 e. The molecule has 0 saturated carbocycles. The highest BCUT2D eigenvalue weighted by molar-refractivity contribution is 5.74. The number of primary amides is 1. The third-order valence-corrected chi connectivity index (χ3v) is 2.38. The number of hydrogen-bond acceptors (Lipinski definition) is 1. The largest absolute Gasteiger partial charge is 0.365 e. The molecule has 0 aromatic heterocycles. The summed E-state index contributed by atoms with van der Waals surface area (Å²) in [6.07, 6.45) is 1.82. The quantitative estimate of drug-likeness (QED) is 0.747. The minimum atomic E-state index is -0.273. The highest BCUT2D eigenvalue weighted by Crippen LogP contribution is 2.11. The Morgan fingerprint density at radius 3 is 2.75 bits per heavy atom. The Morgan fingerprint density at radius 2 is 2.19 bits per heavy atom. The van der Waals surface area contributed by atoms with Gasteiger partial charge >= 0.3 is 0 Å². The average Bonchev–Trinajstić information content (AvgIpc) is 2.15. The molecule has 16 heavy (non-hydrogen) atoms. The van der Waals surface area contributed by atoms with Crippen LogP contribution in [0.25, 0.3) is 6.08 Å². The molecular weight excluding hydrogens is 200 g/mol. The smallest absolute Gasteiger partial charge is 0.272 e. The van der Waals surface area contributed by atoms with Crippen LogP contribution in [0.15, 0.2) is 30.8 Å². The molecule has 0 heterocycles. The summed E-state index contributed by atoms with van der Waals surface area (Å²) in [5.41, 5.74) is 7.50. The number of nitrogens with two attached hydrogens (primary N) is 1. The predicted molar refractivity (Wildman–Crippen MR) is 66.4 cm³/mol. The van der Waals surface area contributed by atoms with Gasteiger partial charge in [-0.3, -0.25) is 4.79 Å². The summed E-state index contributed by atoms with van der Waals surface area (Å²) in [4.78, 5) is 10.9. The molecule has 3 nitrogen and oxygen atoms in total. The number of nitrogens with zero attached hydrogens (tertiary/aromatic N) is 1. The fraction of sp³-hybridized carbons (Fsp3) is 0.308. The second-order valence-electron chi connectivity index (χ2n) is 4.67. The summed E-state index contributed by atoms with van der Waals surface area (Å²) in [5.74, 6) is -0.273. The number of likely N-dealkylation sites (N-methyl/N-ethyl adjacent to an activating group) is 1. The highest BCUT2D eigenvalue weighted by atomic mass is 16.1. The molecule has 0 unspecified atom stereocenters. The van der Waals surface area contributed by atoms with E-state index in [1.54, 1.807) is 0 Å². The van der Waals surface area contributed by atoms with E-state index in [1.165, 1.54) is 5.56 Å². The summed E-state index contributed by atoms with van der Waals surface area (Å²) in [7, 11) is 3.98. The van der Waals surface area contributed by atoms with E-state index in [4.69, 9.17) is 5.73 Å². The van der Waals surface area contributed by atoms with Gasteiger partial charge < -0.3 is 10.2 Å². The molecule has 0 fully saturated rings. The van der Waals surface area contributed by atoms with Crippen LogP contribution >= 0.6 is 0 Å². The highest BCUT2D eigenvalue weighted by Gasteiger charge is 2.18. The third kappa shape index (κ3) is 3.87. The number of quaternary nitrogens is 1. The van der Waals surface area contributed by atoms with E-state index < -0.39 is 0 Å². The molecule has 0 radical (unpaired) electrons. The lowest BCUT2D eigenvalue weighted by atomic mass is 10.1. The lowest BCUT2D eigenvalue weighted by Crippen LogP contribution is -2.45. The number of carbonyl (C=O) groups excluding carboxylic acids is 1. The first-order valence-corrected chi connectivity index (χ1v) is 5.25. The molecule has 3 heteroatoms. The molecule has 0 aliphatic heterocycles. The molecule has 1 aromatic carbocycles. The number of benzene rings is 1. The van der Waals surface area contributed by atoms with E-state index in [0.29, 0.717) is 11.0 Å². The second kappa shape index (κ2) is 4.94. The molecule has 0 aliphatic rings. The molecule has 0 aliphatic carbocycles. The summed E-state index contributed by atoms with van der Waals surface area (Å²) in [5, 5.41) is 0. The molecule has 2 N–H and O–H groups in total. The van der Waals surface area contributed by atoms with Crippen LogP contribution in [0.3, 0.4) is 0 Å². The maximum atomic E-state index is 10.9. The van der Waals surface area contributed by atoms with Crippen molar-refractivity contribution in [1.29, 1.82) is 0 Å². The van der Waals surface area contributed by atoms with Gasteiger partial charge in [0.1, 0.15) is 6.54 Å². The number of rotatable bonds is 5. The maximum absolute atomic E-state index is 10.9. The van der Waals surface area contributed by atoms with E-state index in [9.17, 15) is 4.79 Å². The van der Waals surface area contributed by atoms with Crippen LogP contribution in [0.4, 0.5) is 0 Å². The van der Waals surface area contributed by atoms with Gasteiger partial charge in [-0.25, -0.2) is 0 Å². The van der Waals surface area contributed by atoms with Crippen molar-refractivity contribution >= 4 is 12.0 Å².